The van der Waals surface area contributed by atoms with Crippen LogP contribution in [0.15, 0.2) is 30.6 Å². The summed E-state index contributed by atoms with van der Waals surface area (Å²) >= 11 is 0. The summed E-state index contributed by atoms with van der Waals surface area (Å²) in [5, 5.41) is 17.2. The molecule has 2 rings (SSSR count). The van der Waals surface area contributed by atoms with Crippen LogP contribution in [0.2, 0.25) is 0 Å². The fourth-order valence-corrected chi connectivity index (χ4v) is 2.02. The predicted molar refractivity (Wildman–Crippen MR) is 82.0 cm³/mol. The molecule has 1 aromatic carbocycles. The topological polar surface area (TPSA) is 93.0 Å². The van der Waals surface area contributed by atoms with Crippen LogP contribution in [0, 0.1) is 10.1 Å². The first-order chi connectivity index (χ1) is 10.2. The molecule has 2 aromatic rings. The van der Waals surface area contributed by atoms with Crippen molar-refractivity contribution in [1.82, 2.24) is 9.97 Å². The van der Waals surface area contributed by atoms with Crippen molar-refractivity contribution in [3.8, 4) is 0 Å². The lowest BCUT2D eigenvalue weighted by atomic mass is 10.1. The van der Waals surface area contributed by atoms with Crippen molar-refractivity contribution in [3.63, 3.8) is 0 Å². The van der Waals surface area contributed by atoms with Crippen molar-refractivity contribution in [2.75, 3.05) is 17.2 Å². The predicted octanol–water partition coefficient (Wildman–Crippen LogP) is 3.12. The van der Waals surface area contributed by atoms with Gasteiger partial charge in [0, 0.05) is 12.2 Å². The summed E-state index contributed by atoms with van der Waals surface area (Å²) in [7, 11) is 0. The van der Waals surface area contributed by atoms with Crippen molar-refractivity contribution < 1.29 is 4.92 Å². The maximum absolute atomic E-state index is 11.3. The molecule has 0 saturated carbocycles. The number of anilines is 3. The van der Waals surface area contributed by atoms with E-state index in [-0.39, 0.29) is 17.3 Å². The molecule has 1 aromatic heterocycles. The molecule has 0 spiro atoms. The van der Waals surface area contributed by atoms with Crippen LogP contribution in [0.4, 0.5) is 23.0 Å². The van der Waals surface area contributed by atoms with Crippen LogP contribution >= 0.6 is 0 Å². The standard InChI is InChI=1S/C14H17N5O2/c1-3-10-7-5-6-8-11(10)18-14-12(19(20)21)13(15-4-2)16-9-17-14/h5-9H,3-4H2,1-2H3,(H2,15,16,17,18). The van der Waals surface area contributed by atoms with Gasteiger partial charge in [-0.05, 0) is 25.0 Å². The van der Waals surface area contributed by atoms with E-state index in [0.29, 0.717) is 6.54 Å². The van der Waals surface area contributed by atoms with E-state index in [2.05, 4.69) is 20.6 Å². The Hall–Kier alpha value is -2.70. The lowest BCUT2D eigenvalue weighted by Crippen LogP contribution is -2.08. The van der Waals surface area contributed by atoms with Gasteiger partial charge in [-0.2, -0.15) is 0 Å². The second-order valence-corrected chi connectivity index (χ2v) is 4.34. The van der Waals surface area contributed by atoms with E-state index in [1.165, 1.54) is 6.33 Å². The molecule has 21 heavy (non-hydrogen) atoms. The highest BCUT2D eigenvalue weighted by Crippen LogP contribution is 2.31. The van der Waals surface area contributed by atoms with E-state index in [1.54, 1.807) is 0 Å². The maximum atomic E-state index is 11.3. The zero-order valence-corrected chi connectivity index (χ0v) is 12.0. The summed E-state index contributed by atoms with van der Waals surface area (Å²) in [6, 6.07) is 7.65. The number of aromatic nitrogens is 2. The number of hydrogen-bond donors (Lipinski definition) is 2. The van der Waals surface area contributed by atoms with Gasteiger partial charge >= 0.3 is 5.69 Å². The number of rotatable bonds is 6. The normalized spacial score (nSPS) is 10.2. The molecule has 0 aliphatic rings. The Bertz CT molecular complexity index is 645. The number of benzene rings is 1. The van der Waals surface area contributed by atoms with Crippen molar-refractivity contribution in [2.45, 2.75) is 20.3 Å². The summed E-state index contributed by atoms with van der Waals surface area (Å²) < 4.78 is 0. The van der Waals surface area contributed by atoms with E-state index in [4.69, 9.17) is 0 Å². The van der Waals surface area contributed by atoms with E-state index in [0.717, 1.165) is 17.7 Å². The molecule has 0 atom stereocenters. The molecule has 0 fully saturated rings. The number of nitrogens with zero attached hydrogens (tertiary/aromatic N) is 3. The molecule has 0 aliphatic heterocycles. The van der Waals surface area contributed by atoms with Crippen molar-refractivity contribution in [3.05, 3.63) is 46.3 Å². The van der Waals surface area contributed by atoms with Crippen LogP contribution in [0.25, 0.3) is 0 Å². The number of nitrogens with one attached hydrogen (secondary N) is 2. The molecule has 0 unspecified atom stereocenters. The van der Waals surface area contributed by atoms with Crippen LogP contribution in [-0.4, -0.2) is 21.4 Å². The Morgan fingerprint density at radius 1 is 1.19 bits per heavy atom. The minimum absolute atomic E-state index is 0.148. The first-order valence-electron chi connectivity index (χ1n) is 6.75. The Morgan fingerprint density at radius 3 is 2.57 bits per heavy atom. The molecular formula is C14H17N5O2. The van der Waals surface area contributed by atoms with Gasteiger partial charge in [0.05, 0.1) is 4.92 Å². The van der Waals surface area contributed by atoms with Crippen LogP contribution in [0.3, 0.4) is 0 Å². The fraction of sp³-hybridized carbons (Fsp3) is 0.286. The molecule has 0 bridgehead atoms. The zero-order chi connectivity index (χ0) is 15.2. The van der Waals surface area contributed by atoms with Crippen LogP contribution in [0.1, 0.15) is 19.4 Å². The zero-order valence-electron chi connectivity index (χ0n) is 12.0. The SMILES string of the molecule is CCNc1ncnc(Nc2ccccc2CC)c1[N+](=O)[O-]. The van der Waals surface area contributed by atoms with E-state index >= 15 is 0 Å². The summed E-state index contributed by atoms with van der Waals surface area (Å²) in [5.41, 5.74) is 1.73. The Labute approximate surface area is 122 Å². The van der Waals surface area contributed by atoms with Gasteiger partial charge in [0.25, 0.3) is 0 Å². The molecule has 0 radical (unpaired) electrons. The van der Waals surface area contributed by atoms with Gasteiger partial charge in [-0.1, -0.05) is 25.1 Å². The maximum Gasteiger partial charge on any atom is 0.353 e. The molecule has 7 heteroatoms. The van der Waals surface area contributed by atoms with Gasteiger partial charge in [-0.15, -0.1) is 0 Å². The van der Waals surface area contributed by atoms with E-state index in [1.807, 2.05) is 38.1 Å². The number of para-hydroxylation sites is 1. The first kappa shape index (κ1) is 14.7. The average Bonchev–Trinajstić information content (AvgIpc) is 2.48. The van der Waals surface area contributed by atoms with Crippen LogP contribution in [-0.2, 0) is 6.42 Å². The van der Waals surface area contributed by atoms with Crippen LogP contribution < -0.4 is 10.6 Å². The van der Waals surface area contributed by atoms with Gasteiger partial charge in [-0.3, -0.25) is 10.1 Å². The van der Waals surface area contributed by atoms with Crippen molar-refractivity contribution >= 4 is 23.0 Å². The number of nitro groups is 1. The number of aryl methyl sites for hydroxylation is 1. The minimum Gasteiger partial charge on any atom is -0.364 e. The fourth-order valence-electron chi connectivity index (χ4n) is 2.02. The van der Waals surface area contributed by atoms with Gasteiger partial charge in [0.1, 0.15) is 6.33 Å². The Morgan fingerprint density at radius 2 is 1.90 bits per heavy atom. The Kier molecular flexibility index (Phi) is 4.65. The minimum atomic E-state index is -0.477. The first-order valence-corrected chi connectivity index (χ1v) is 6.75. The third kappa shape index (κ3) is 3.25. The van der Waals surface area contributed by atoms with Crippen LogP contribution in [0.5, 0.6) is 0 Å². The molecule has 0 saturated heterocycles. The monoisotopic (exact) mass is 287 g/mol. The lowest BCUT2D eigenvalue weighted by Gasteiger charge is -2.11. The molecule has 1 heterocycles. The Balaban J connectivity index is 2.44. The van der Waals surface area contributed by atoms with E-state index in [9.17, 15) is 10.1 Å². The van der Waals surface area contributed by atoms with Gasteiger partial charge in [0.15, 0.2) is 0 Å². The lowest BCUT2D eigenvalue weighted by molar-refractivity contribution is -0.383. The molecule has 7 nitrogen and oxygen atoms in total. The summed E-state index contributed by atoms with van der Waals surface area (Å²) in [5.74, 6) is 0.404. The third-order valence-corrected chi connectivity index (χ3v) is 3.00. The van der Waals surface area contributed by atoms with Crippen molar-refractivity contribution in [1.29, 1.82) is 0 Å². The molecule has 0 amide bonds. The van der Waals surface area contributed by atoms with E-state index < -0.39 is 4.92 Å². The number of hydrogen-bond acceptors (Lipinski definition) is 6. The largest absolute Gasteiger partial charge is 0.364 e. The second-order valence-electron chi connectivity index (χ2n) is 4.34. The highest BCUT2D eigenvalue weighted by molar-refractivity contribution is 5.74. The summed E-state index contributed by atoms with van der Waals surface area (Å²) in [6.45, 7) is 4.42. The highest BCUT2D eigenvalue weighted by Gasteiger charge is 2.22. The highest BCUT2D eigenvalue weighted by atomic mass is 16.6. The molecule has 110 valence electrons. The summed E-state index contributed by atoms with van der Waals surface area (Å²) in [4.78, 5) is 18.8. The van der Waals surface area contributed by atoms with Crippen molar-refractivity contribution in [2.24, 2.45) is 0 Å². The summed E-state index contributed by atoms with van der Waals surface area (Å²) in [6.07, 6.45) is 2.13. The molecule has 0 aliphatic carbocycles. The van der Waals surface area contributed by atoms with Gasteiger partial charge in [-0.25, -0.2) is 9.97 Å². The quantitative estimate of drug-likeness (QED) is 0.626. The third-order valence-electron chi connectivity index (χ3n) is 3.00. The molecular weight excluding hydrogens is 270 g/mol. The molecule has 2 N–H and O–H groups in total. The average molecular weight is 287 g/mol. The smallest absolute Gasteiger partial charge is 0.353 e. The van der Waals surface area contributed by atoms with Gasteiger partial charge < -0.3 is 10.6 Å². The van der Waals surface area contributed by atoms with Gasteiger partial charge in [0.2, 0.25) is 11.6 Å². The second kappa shape index (κ2) is 6.65.